The first-order chi connectivity index (χ1) is 10.9. The third kappa shape index (κ3) is 2.46. The van der Waals surface area contributed by atoms with E-state index < -0.39 is 0 Å². The minimum atomic E-state index is 0.262. The van der Waals surface area contributed by atoms with Gasteiger partial charge in [0, 0.05) is 0 Å². The molecule has 2 aromatic carbocycles. The van der Waals surface area contributed by atoms with Crippen molar-refractivity contribution >= 4 is 12.4 Å². The van der Waals surface area contributed by atoms with E-state index in [0.29, 0.717) is 0 Å². The predicted octanol–water partition coefficient (Wildman–Crippen LogP) is 2.60. The fraction of sp³-hybridized carbons (Fsp3) is 0.125. The van der Waals surface area contributed by atoms with Crippen LogP contribution in [-0.2, 0) is 0 Å². The Bertz CT molecular complexity index is 705. The summed E-state index contributed by atoms with van der Waals surface area (Å²) in [6.07, 6.45) is 3.32. The Morgan fingerprint density at radius 3 is 1.59 bits per heavy atom. The Hall–Kier alpha value is -3.02. The molecule has 6 nitrogen and oxygen atoms in total. The van der Waals surface area contributed by atoms with Crippen molar-refractivity contribution in [3.05, 3.63) is 47.5 Å². The van der Waals surface area contributed by atoms with Crippen molar-refractivity contribution in [2.75, 3.05) is 13.6 Å². The molecule has 2 heterocycles. The Labute approximate surface area is 126 Å². The highest BCUT2D eigenvalue weighted by molar-refractivity contribution is 5.84. The highest BCUT2D eigenvalue weighted by atomic mass is 16.7. The van der Waals surface area contributed by atoms with Crippen LogP contribution in [0.5, 0.6) is 23.0 Å². The van der Waals surface area contributed by atoms with Gasteiger partial charge in [-0.3, -0.25) is 0 Å². The maximum Gasteiger partial charge on any atom is 0.231 e. The van der Waals surface area contributed by atoms with E-state index >= 15 is 0 Å². The quantitative estimate of drug-likeness (QED) is 0.645. The zero-order valence-electron chi connectivity index (χ0n) is 11.6. The summed E-state index contributed by atoms with van der Waals surface area (Å²) in [5.41, 5.74) is 1.79. The zero-order valence-corrected chi connectivity index (χ0v) is 11.6. The van der Waals surface area contributed by atoms with Crippen molar-refractivity contribution in [2.24, 2.45) is 10.2 Å². The summed E-state index contributed by atoms with van der Waals surface area (Å²) in [5.74, 6) is 2.95. The van der Waals surface area contributed by atoms with Crippen LogP contribution in [0.4, 0.5) is 0 Å². The third-order valence-corrected chi connectivity index (χ3v) is 3.27. The van der Waals surface area contributed by atoms with Crippen LogP contribution in [-0.4, -0.2) is 26.0 Å². The molecule has 0 spiro atoms. The summed E-state index contributed by atoms with van der Waals surface area (Å²) in [7, 11) is 0. The maximum absolute atomic E-state index is 5.31. The molecular weight excluding hydrogens is 284 g/mol. The third-order valence-electron chi connectivity index (χ3n) is 3.27. The van der Waals surface area contributed by atoms with Gasteiger partial charge in [-0.1, -0.05) is 0 Å². The first kappa shape index (κ1) is 12.7. The van der Waals surface area contributed by atoms with E-state index in [4.69, 9.17) is 18.9 Å². The monoisotopic (exact) mass is 296 g/mol. The molecule has 0 atom stereocenters. The van der Waals surface area contributed by atoms with Gasteiger partial charge in [0.25, 0.3) is 0 Å². The number of hydrogen-bond donors (Lipinski definition) is 0. The molecule has 4 rings (SSSR count). The molecule has 0 aliphatic carbocycles. The topological polar surface area (TPSA) is 61.6 Å². The van der Waals surface area contributed by atoms with Crippen LogP contribution >= 0.6 is 0 Å². The van der Waals surface area contributed by atoms with Crippen molar-refractivity contribution < 1.29 is 18.9 Å². The number of nitrogens with zero attached hydrogens (tertiary/aromatic N) is 2. The summed E-state index contributed by atoms with van der Waals surface area (Å²) in [6.45, 7) is 0.524. The summed E-state index contributed by atoms with van der Waals surface area (Å²) in [6, 6.07) is 11.2. The molecule has 2 aliphatic rings. The summed E-state index contributed by atoms with van der Waals surface area (Å²) in [4.78, 5) is 0. The van der Waals surface area contributed by atoms with Gasteiger partial charge in [-0.15, -0.1) is 0 Å². The van der Waals surface area contributed by atoms with Gasteiger partial charge in [0.2, 0.25) is 13.6 Å². The lowest BCUT2D eigenvalue weighted by atomic mass is 10.2. The molecule has 0 fully saturated rings. The van der Waals surface area contributed by atoms with Crippen LogP contribution in [0.3, 0.4) is 0 Å². The minimum Gasteiger partial charge on any atom is -0.454 e. The zero-order chi connectivity index (χ0) is 14.8. The molecule has 0 radical (unpaired) electrons. The standard InChI is InChI=1S/C16H12N2O4/c1-3-13-15(21-9-19-13)5-11(1)7-17-18-8-12-2-4-14-16(6-12)22-10-20-14/h1-8H,9-10H2/b17-7-,18-8+. The molecule has 6 heteroatoms. The molecule has 0 aromatic heterocycles. The molecule has 0 N–H and O–H groups in total. The second kappa shape index (κ2) is 5.40. The van der Waals surface area contributed by atoms with Gasteiger partial charge in [-0.25, -0.2) is 0 Å². The lowest BCUT2D eigenvalue weighted by molar-refractivity contribution is 0.173. The second-order valence-corrected chi connectivity index (χ2v) is 4.71. The first-order valence-electron chi connectivity index (χ1n) is 6.74. The van der Waals surface area contributed by atoms with Crippen LogP contribution in [0.2, 0.25) is 0 Å². The highest BCUT2D eigenvalue weighted by Gasteiger charge is 2.13. The van der Waals surface area contributed by atoms with Crippen LogP contribution < -0.4 is 18.9 Å². The Morgan fingerprint density at radius 1 is 0.636 bits per heavy atom. The van der Waals surface area contributed by atoms with E-state index in [1.165, 1.54) is 0 Å². The van der Waals surface area contributed by atoms with Gasteiger partial charge < -0.3 is 18.9 Å². The molecule has 2 aliphatic heterocycles. The van der Waals surface area contributed by atoms with Gasteiger partial charge in [0.05, 0.1) is 12.4 Å². The van der Waals surface area contributed by atoms with Crippen molar-refractivity contribution in [3.8, 4) is 23.0 Å². The van der Waals surface area contributed by atoms with Gasteiger partial charge in [0.1, 0.15) is 0 Å². The summed E-state index contributed by atoms with van der Waals surface area (Å²) >= 11 is 0. The Morgan fingerprint density at radius 2 is 1.09 bits per heavy atom. The molecule has 0 unspecified atom stereocenters. The average Bonchev–Trinajstić information content (AvgIpc) is 3.19. The lowest BCUT2D eigenvalue weighted by Crippen LogP contribution is -1.92. The first-order valence-corrected chi connectivity index (χ1v) is 6.74. The molecule has 2 aromatic rings. The molecule has 22 heavy (non-hydrogen) atoms. The van der Waals surface area contributed by atoms with E-state index in [1.54, 1.807) is 12.4 Å². The van der Waals surface area contributed by atoms with Crippen molar-refractivity contribution in [1.29, 1.82) is 0 Å². The van der Waals surface area contributed by atoms with E-state index in [2.05, 4.69) is 10.2 Å². The summed E-state index contributed by atoms with van der Waals surface area (Å²) < 4.78 is 21.1. The van der Waals surface area contributed by atoms with Crippen molar-refractivity contribution in [2.45, 2.75) is 0 Å². The van der Waals surface area contributed by atoms with Crippen LogP contribution in [0, 0.1) is 0 Å². The molecule has 110 valence electrons. The van der Waals surface area contributed by atoms with Crippen LogP contribution in [0.1, 0.15) is 11.1 Å². The van der Waals surface area contributed by atoms with E-state index in [0.717, 1.165) is 34.1 Å². The van der Waals surface area contributed by atoms with E-state index in [9.17, 15) is 0 Å². The molecule has 0 saturated heterocycles. The average molecular weight is 296 g/mol. The van der Waals surface area contributed by atoms with Crippen molar-refractivity contribution in [1.82, 2.24) is 0 Å². The van der Waals surface area contributed by atoms with Gasteiger partial charge in [0.15, 0.2) is 23.0 Å². The fourth-order valence-corrected chi connectivity index (χ4v) is 2.19. The molecule has 0 bridgehead atoms. The lowest BCUT2D eigenvalue weighted by Gasteiger charge is -1.97. The van der Waals surface area contributed by atoms with Gasteiger partial charge in [-0.05, 0) is 47.5 Å². The number of ether oxygens (including phenoxy) is 4. The van der Waals surface area contributed by atoms with E-state index in [1.807, 2.05) is 36.4 Å². The molecular formula is C16H12N2O4. The smallest absolute Gasteiger partial charge is 0.231 e. The second-order valence-electron chi connectivity index (χ2n) is 4.71. The predicted molar refractivity (Wildman–Crippen MR) is 80.3 cm³/mol. The maximum atomic E-state index is 5.31. The van der Waals surface area contributed by atoms with Crippen LogP contribution in [0.15, 0.2) is 46.6 Å². The Balaban J connectivity index is 1.45. The highest BCUT2D eigenvalue weighted by Crippen LogP contribution is 2.32. The van der Waals surface area contributed by atoms with Crippen molar-refractivity contribution in [3.63, 3.8) is 0 Å². The summed E-state index contributed by atoms with van der Waals surface area (Å²) in [5, 5.41) is 8.06. The molecule has 0 amide bonds. The number of fused-ring (bicyclic) bond motifs is 2. The normalized spacial score (nSPS) is 15.1. The van der Waals surface area contributed by atoms with E-state index in [-0.39, 0.29) is 13.6 Å². The fourth-order valence-electron chi connectivity index (χ4n) is 2.19. The van der Waals surface area contributed by atoms with Gasteiger partial charge in [-0.2, -0.15) is 10.2 Å². The number of rotatable bonds is 3. The largest absolute Gasteiger partial charge is 0.454 e. The SMILES string of the molecule is C(=N/N=C/c1ccc2c(c1)OCO2)/c1ccc2c(c1)OCO2. The Kier molecular flexibility index (Phi) is 3.12. The van der Waals surface area contributed by atoms with Gasteiger partial charge >= 0.3 is 0 Å². The number of benzene rings is 2. The number of hydrogen-bond acceptors (Lipinski definition) is 6. The van der Waals surface area contributed by atoms with Crippen LogP contribution in [0.25, 0.3) is 0 Å². The minimum absolute atomic E-state index is 0.262. The molecule has 0 saturated carbocycles.